The van der Waals surface area contributed by atoms with Crippen molar-refractivity contribution in [3.63, 3.8) is 0 Å². The van der Waals surface area contributed by atoms with E-state index < -0.39 is 0 Å². The average Bonchev–Trinajstić information content (AvgIpc) is 2.58. The normalized spacial score (nSPS) is 29.8. The van der Waals surface area contributed by atoms with Gasteiger partial charge in [0.2, 0.25) is 0 Å². The fourth-order valence-corrected chi connectivity index (χ4v) is 2.36. The Hall–Kier alpha value is -0.120. The summed E-state index contributed by atoms with van der Waals surface area (Å²) in [4.78, 5) is 2.58. The van der Waals surface area contributed by atoms with Crippen LogP contribution in [0.3, 0.4) is 0 Å². The van der Waals surface area contributed by atoms with Gasteiger partial charge < -0.3 is 10.9 Å². The van der Waals surface area contributed by atoms with E-state index in [4.69, 9.17) is 5.84 Å². The molecule has 1 saturated heterocycles. The van der Waals surface area contributed by atoms with Crippen LogP contribution in [0.1, 0.15) is 25.7 Å². The van der Waals surface area contributed by atoms with Crippen LogP contribution in [0.2, 0.25) is 0 Å². The zero-order chi connectivity index (χ0) is 8.39. The Labute approximate surface area is 74.5 Å². The molecule has 0 atom stereocenters. The first-order valence-electron chi connectivity index (χ1n) is 5.06. The summed E-state index contributed by atoms with van der Waals surface area (Å²) in [7, 11) is 0. The molecule has 0 aromatic carbocycles. The molecule has 0 aromatic rings. The predicted molar refractivity (Wildman–Crippen MR) is 49.7 cm³/mol. The molecule has 0 radical (unpaired) electrons. The molecular formula is C9H18N3-. The van der Waals surface area contributed by atoms with Crippen LogP contribution in [-0.4, -0.2) is 42.1 Å². The van der Waals surface area contributed by atoms with Gasteiger partial charge in [-0.25, -0.2) is 0 Å². The summed E-state index contributed by atoms with van der Waals surface area (Å²) in [5.41, 5.74) is 0. The van der Waals surface area contributed by atoms with Crippen molar-refractivity contribution < 1.29 is 0 Å². The number of nitrogens with zero attached hydrogens (tertiary/aromatic N) is 2. The van der Waals surface area contributed by atoms with Crippen molar-refractivity contribution in [1.29, 1.82) is 0 Å². The lowest BCUT2D eigenvalue weighted by atomic mass is 10.2. The fourth-order valence-electron chi connectivity index (χ4n) is 2.36. The third-order valence-corrected chi connectivity index (χ3v) is 3.16. The first kappa shape index (κ1) is 8.48. The molecule has 70 valence electrons. The van der Waals surface area contributed by atoms with E-state index in [-0.39, 0.29) is 0 Å². The summed E-state index contributed by atoms with van der Waals surface area (Å²) in [6.45, 7) is 4.12. The van der Waals surface area contributed by atoms with Gasteiger partial charge in [-0.1, -0.05) is 12.8 Å². The summed E-state index contributed by atoms with van der Waals surface area (Å²) in [6.07, 6.45) is 5.65. The number of hydrogen-bond donors (Lipinski definition) is 0. The number of piperazine rings is 1. The van der Waals surface area contributed by atoms with E-state index in [9.17, 15) is 0 Å². The first-order valence-corrected chi connectivity index (χ1v) is 5.06. The van der Waals surface area contributed by atoms with Gasteiger partial charge in [-0.3, -0.25) is 4.90 Å². The number of hydrogen-bond acceptors (Lipinski definition) is 2. The molecule has 1 saturated carbocycles. The molecule has 2 aliphatic rings. The SMILES string of the molecule is [NH-]N1CCN(C2CCCC2)CC1. The molecule has 3 heteroatoms. The van der Waals surface area contributed by atoms with Crippen LogP contribution in [-0.2, 0) is 0 Å². The van der Waals surface area contributed by atoms with Crippen molar-refractivity contribution in [2.45, 2.75) is 31.7 Å². The standard InChI is InChI=1S/C9H18N3/c10-12-7-5-11(6-8-12)9-3-1-2-4-9/h9-10H,1-8H2/q-1. The van der Waals surface area contributed by atoms with Gasteiger partial charge in [0.25, 0.3) is 0 Å². The lowest BCUT2D eigenvalue weighted by molar-refractivity contribution is 0.124. The Balaban J connectivity index is 1.80. The quantitative estimate of drug-likeness (QED) is 0.594. The Kier molecular flexibility index (Phi) is 2.63. The third-order valence-electron chi connectivity index (χ3n) is 3.16. The van der Waals surface area contributed by atoms with E-state index in [2.05, 4.69) is 4.90 Å². The third kappa shape index (κ3) is 1.79. The number of rotatable bonds is 1. The molecule has 0 bridgehead atoms. The van der Waals surface area contributed by atoms with Crippen LogP contribution in [0, 0.1) is 0 Å². The Morgan fingerprint density at radius 3 is 2.08 bits per heavy atom. The van der Waals surface area contributed by atoms with Gasteiger partial charge in [-0.15, -0.1) is 0 Å². The summed E-state index contributed by atoms with van der Waals surface area (Å²) in [6, 6.07) is 0.860. The predicted octanol–water partition coefficient (Wildman–Crippen LogP) is 1.51. The van der Waals surface area contributed by atoms with Crippen LogP contribution in [0.15, 0.2) is 0 Å². The minimum atomic E-state index is 0.860. The van der Waals surface area contributed by atoms with E-state index in [0.29, 0.717) is 0 Å². The van der Waals surface area contributed by atoms with Gasteiger partial charge in [0.05, 0.1) is 0 Å². The Morgan fingerprint density at radius 2 is 1.50 bits per heavy atom. The molecule has 1 N–H and O–H groups in total. The second-order valence-corrected chi connectivity index (χ2v) is 3.96. The van der Waals surface area contributed by atoms with Gasteiger partial charge in [0.15, 0.2) is 0 Å². The monoisotopic (exact) mass is 168 g/mol. The topological polar surface area (TPSA) is 30.3 Å². The van der Waals surface area contributed by atoms with E-state index in [1.165, 1.54) is 25.7 Å². The van der Waals surface area contributed by atoms with E-state index in [0.717, 1.165) is 32.2 Å². The zero-order valence-corrected chi connectivity index (χ0v) is 7.63. The summed E-state index contributed by atoms with van der Waals surface area (Å²) in [5.74, 6) is 7.44. The van der Waals surface area contributed by atoms with Crippen molar-refractivity contribution >= 4 is 0 Å². The number of nitrogens with one attached hydrogen (secondary N) is 1. The molecular weight excluding hydrogens is 150 g/mol. The molecule has 1 aliphatic carbocycles. The maximum Gasteiger partial charge on any atom is 0.00984 e. The molecule has 1 aliphatic heterocycles. The maximum atomic E-state index is 7.44. The van der Waals surface area contributed by atoms with Gasteiger partial charge >= 0.3 is 0 Å². The van der Waals surface area contributed by atoms with Crippen molar-refractivity contribution in [3.8, 4) is 0 Å². The van der Waals surface area contributed by atoms with Crippen molar-refractivity contribution in [1.82, 2.24) is 9.91 Å². The van der Waals surface area contributed by atoms with Gasteiger partial charge in [-0.2, -0.15) is 0 Å². The molecule has 2 rings (SSSR count). The van der Waals surface area contributed by atoms with E-state index in [1.54, 1.807) is 5.01 Å². The van der Waals surface area contributed by atoms with Crippen LogP contribution in [0.25, 0.3) is 5.84 Å². The summed E-state index contributed by atoms with van der Waals surface area (Å²) < 4.78 is 0. The lowest BCUT2D eigenvalue weighted by Crippen LogP contribution is -2.47. The molecule has 3 nitrogen and oxygen atoms in total. The fraction of sp³-hybridized carbons (Fsp3) is 1.00. The van der Waals surface area contributed by atoms with Crippen LogP contribution in [0.4, 0.5) is 0 Å². The van der Waals surface area contributed by atoms with Crippen molar-refractivity contribution in [3.05, 3.63) is 5.84 Å². The van der Waals surface area contributed by atoms with Crippen molar-refractivity contribution in [2.75, 3.05) is 26.2 Å². The molecule has 0 amide bonds. The van der Waals surface area contributed by atoms with Crippen molar-refractivity contribution in [2.24, 2.45) is 0 Å². The highest BCUT2D eigenvalue weighted by Crippen LogP contribution is 2.24. The highest BCUT2D eigenvalue weighted by Gasteiger charge is 2.23. The van der Waals surface area contributed by atoms with Gasteiger partial charge in [0.1, 0.15) is 0 Å². The highest BCUT2D eigenvalue weighted by molar-refractivity contribution is 4.81. The molecule has 12 heavy (non-hydrogen) atoms. The van der Waals surface area contributed by atoms with E-state index in [1.807, 2.05) is 0 Å². The second kappa shape index (κ2) is 3.73. The molecule has 1 heterocycles. The minimum Gasteiger partial charge on any atom is -0.610 e. The lowest BCUT2D eigenvalue weighted by Gasteiger charge is -2.40. The highest BCUT2D eigenvalue weighted by atomic mass is 15.4. The molecule has 0 unspecified atom stereocenters. The maximum absolute atomic E-state index is 7.44. The first-order chi connectivity index (χ1) is 5.86. The van der Waals surface area contributed by atoms with Gasteiger partial charge in [0, 0.05) is 19.1 Å². The molecule has 0 spiro atoms. The largest absolute Gasteiger partial charge is 0.610 e. The van der Waals surface area contributed by atoms with Crippen LogP contribution < -0.4 is 0 Å². The van der Waals surface area contributed by atoms with Crippen LogP contribution in [0.5, 0.6) is 0 Å². The second-order valence-electron chi connectivity index (χ2n) is 3.96. The smallest absolute Gasteiger partial charge is 0.00984 e. The summed E-state index contributed by atoms with van der Waals surface area (Å²) in [5, 5.41) is 1.69. The van der Waals surface area contributed by atoms with Crippen LogP contribution >= 0.6 is 0 Å². The van der Waals surface area contributed by atoms with E-state index >= 15 is 0 Å². The minimum absolute atomic E-state index is 0.860. The zero-order valence-electron chi connectivity index (χ0n) is 7.63. The Morgan fingerprint density at radius 1 is 0.917 bits per heavy atom. The molecule has 2 fully saturated rings. The summed E-state index contributed by atoms with van der Waals surface area (Å²) >= 11 is 0. The molecule has 0 aromatic heterocycles. The average molecular weight is 168 g/mol. The van der Waals surface area contributed by atoms with Gasteiger partial charge in [-0.05, 0) is 25.9 Å². The Bertz CT molecular complexity index is 135.